The maximum Gasteiger partial charge on any atom is 0.244 e. The van der Waals surface area contributed by atoms with E-state index in [4.69, 9.17) is 11.5 Å². The summed E-state index contributed by atoms with van der Waals surface area (Å²) in [6.45, 7) is 2.16. The summed E-state index contributed by atoms with van der Waals surface area (Å²) in [5, 5.41) is 0. The topological polar surface area (TPSA) is 111 Å². The van der Waals surface area contributed by atoms with Gasteiger partial charge in [-0.1, -0.05) is 0 Å². The minimum absolute atomic E-state index is 0.00375. The third-order valence-electron chi connectivity index (χ3n) is 1.74. The SMILES string of the molecule is Cc1cnc(N)c(S(=O)(=O)NCCN)c1. The summed E-state index contributed by atoms with van der Waals surface area (Å²) in [6, 6.07) is 1.47. The number of nitrogen functional groups attached to an aromatic ring is 1. The van der Waals surface area contributed by atoms with Crippen LogP contribution in [0.3, 0.4) is 0 Å². The fourth-order valence-electron chi connectivity index (χ4n) is 1.04. The highest BCUT2D eigenvalue weighted by Gasteiger charge is 2.17. The summed E-state index contributed by atoms with van der Waals surface area (Å²) < 4.78 is 25.7. The molecule has 6 nitrogen and oxygen atoms in total. The van der Waals surface area contributed by atoms with Crippen molar-refractivity contribution < 1.29 is 8.42 Å². The second-order valence-corrected chi connectivity index (χ2v) is 4.82. The Labute approximate surface area is 88.7 Å². The third-order valence-corrected chi connectivity index (χ3v) is 3.23. The third kappa shape index (κ3) is 2.88. The molecule has 0 aliphatic rings. The lowest BCUT2D eigenvalue weighted by molar-refractivity contribution is 0.582. The maximum absolute atomic E-state index is 11.7. The number of nitrogens with two attached hydrogens (primary N) is 2. The fraction of sp³-hybridized carbons (Fsp3) is 0.375. The van der Waals surface area contributed by atoms with E-state index >= 15 is 0 Å². The van der Waals surface area contributed by atoms with Crippen molar-refractivity contribution in [2.45, 2.75) is 11.8 Å². The molecule has 0 aliphatic heterocycles. The van der Waals surface area contributed by atoms with Crippen LogP contribution in [0.25, 0.3) is 0 Å². The average molecular weight is 230 g/mol. The fourth-order valence-corrected chi connectivity index (χ4v) is 2.25. The van der Waals surface area contributed by atoms with Crippen molar-refractivity contribution in [2.75, 3.05) is 18.8 Å². The number of rotatable bonds is 4. The Bertz CT molecular complexity index is 444. The first-order valence-electron chi connectivity index (χ1n) is 4.39. The van der Waals surface area contributed by atoms with Crippen LogP contribution >= 0.6 is 0 Å². The van der Waals surface area contributed by atoms with Crippen molar-refractivity contribution in [2.24, 2.45) is 5.73 Å². The van der Waals surface area contributed by atoms with Crippen molar-refractivity contribution in [1.82, 2.24) is 9.71 Å². The second kappa shape index (κ2) is 4.56. The summed E-state index contributed by atoms with van der Waals surface area (Å²) in [5.41, 5.74) is 11.4. The summed E-state index contributed by atoms with van der Waals surface area (Å²) in [6.07, 6.45) is 1.51. The molecule has 5 N–H and O–H groups in total. The zero-order valence-corrected chi connectivity index (χ0v) is 9.21. The van der Waals surface area contributed by atoms with Gasteiger partial charge in [0.15, 0.2) is 0 Å². The average Bonchev–Trinajstić information content (AvgIpc) is 2.18. The molecule has 0 aromatic carbocycles. The smallest absolute Gasteiger partial charge is 0.244 e. The molecule has 7 heteroatoms. The van der Waals surface area contributed by atoms with Crippen molar-refractivity contribution in [1.29, 1.82) is 0 Å². The quantitative estimate of drug-likeness (QED) is 0.627. The number of nitrogens with one attached hydrogen (secondary N) is 1. The zero-order chi connectivity index (χ0) is 11.5. The standard InChI is InChI=1S/C8H14N4O2S/c1-6-4-7(8(10)11-5-6)15(13,14)12-3-2-9/h4-5,12H,2-3,9H2,1H3,(H2,10,11). The van der Waals surface area contributed by atoms with E-state index in [0.29, 0.717) is 0 Å². The lowest BCUT2D eigenvalue weighted by Gasteiger charge is -2.07. The molecule has 0 saturated heterocycles. The Morgan fingerprint density at radius 3 is 2.80 bits per heavy atom. The molecule has 1 aromatic heterocycles. The molecular weight excluding hydrogens is 216 g/mol. The van der Waals surface area contributed by atoms with E-state index < -0.39 is 10.0 Å². The normalized spacial score (nSPS) is 11.6. The van der Waals surface area contributed by atoms with E-state index in [1.165, 1.54) is 12.3 Å². The van der Waals surface area contributed by atoms with Crippen LogP contribution in [-0.2, 0) is 10.0 Å². The predicted molar refractivity (Wildman–Crippen MR) is 57.6 cm³/mol. The molecule has 0 unspecified atom stereocenters. The number of aromatic nitrogens is 1. The summed E-state index contributed by atoms with van der Waals surface area (Å²) in [7, 11) is -3.59. The van der Waals surface area contributed by atoms with Gasteiger partial charge < -0.3 is 11.5 Å². The Morgan fingerprint density at radius 1 is 1.53 bits per heavy atom. The van der Waals surface area contributed by atoms with Crippen molar-refractivity contribution >= 4 is 15.8 Å². The Kier molecular flexibility index (Phi) is 3.61. The number of pyridine rings is 1. The highest BCUT2D eigenvalue weighted by Crippen LogP contribution is 2.16. The largest absolute Gasteiger partial charge is 0.383 e. The number of sulfonamides is 1. The van der Waals surface area contributed by atoms with Gasteiger partial charge in [-0.25, -0.2) is 18.1 Å². The van der Waals surface area contributed by atoms with Gasteiger partial charge in [-0.2, -0.15) is 0 Å². The van der Waals surface area contributed by atoms with Crippen LogP contribution in [0.5, 0.6) is 0 Å². The Hall–Kier alpha value is -1.18. The molecule has 15 heavy (non-hydrogen) atoms. The number of hydrogen-bond donors (Lipinski definition) is 3. The molecule has 1 heterocycles. The molecule has 0 saturated carbocycles. The Balaban J connectivity index is 3.09. The summed E-state index contributed by atoms with van der Waals surface area (Å²) in [5.74, 6) is -0.00915. The molecule has 0 spiro atoms. The molecule has 1 aromatic rings. The van der Waals surface area contributed by atoms with Crippen LogP contribution in [0, 0.1) is 6.92 Å². The van der Waals surface area contributed by atoms with Gasteiger partial charge in [-0.05, 0) is 18.6 Å². The molecular formula is C8H14N4O2S. The number of anilines is 1. The van der Waals surface area contributed by atoms with Gasteiger partial charge >= 0.3 is 0 Å². The molecule has 0 fully saturated rings. The molecule has 0 amide bonds. The lowest BCUT2D eigenvalue weighted by atomic mass is 10.3. The van der Waals surface area contributed by atoms with E-state index in [1.54, 1.807) is 6.92 Å². The predicted octanol–water partition coefficient (Wildman–Crippen LogP) is -0.791. The van der Waals surface area contributed by atoms with E-state index in [-0.39, 0.29) is 23.8 Å². The molecule has 84 valence electrons. The number of aryl methyl sites for hydroxylation is 1. The Morgan fingerprint density at radius 2 is 2.20 bits per heavy atom. The summed E-state index contributed by atoms with van der Waals surface area (Å²) in [4.78, 5) is 3.78. The molecule has 0 atom stereocenters. The van der Waals surface area contributed by atoms with Gasteiger partial charge in [0, 0.05) is 19.3 Å². The lowest BCUT2D eigenvalue weighted by Crippen LogP contribution is -2.29. The van der Waals surface area contributed by atoms with E-state index in [1.807, 2.05) is 0 Å². The van der Waals surface area contributed by atoms with Gasteiger partial charge in [-0.15, -0.1) is 0 Å². The first-order valence-corrected chi connectivity index (χ1v) is 5.87. The van der Waals surface area contributed by atoms with Gasteiger partial charge in [-0.3, -0.25) is 0 Å². The van der Waals surface area contributed by atoms with E-state index in [9.17, 15) is 8.42 Å². The minimum atomic E-state index is -3.59. The van der Waals surface area contributed by atoms with Crippen LogP contribution in [0.1, 0.15) is 5.56 Å². The van der Waals surface area contributed by atoms with Crippen LogP contribution in [0.4, 0.5) is 5.82 Å². The molecule has 1 rings (SSSR count). The highest BCUT2D eigenvalue weighted by atomic mass is 32.2. The minimum Gasteiger partial charge on any atom is -0.383 e. The van der Waals surface area contributed by atoms with Crippen LogP contribution < -0.4 is 16.2 Å². The highest BCUT2D eigenvalue weighted by molar-refractivity contribution is 7.89. The van der Waals surface area contributed by atoms with Crippen LogP contribution in [0.2, 0.25) is 0 Å². The first-order chi connectivity index (χ1) is 6.97. The van der Waals surface area contributed by atoms with Crippen LogP contribution in [0.15, 0.2) is 17.2 Å². The van der Waals surface area contributed by atoms with Gasteiger partial charge in [0.05, 0.1) is 0 Å². The van der Waals surface area contributed by atoms with Crippen LogP contribution in [-0.4, -0.2) is 26.5 Å². The summed E-state index contributed by atoms with van der Waals surface area (Å²) >= 11 is 0. The molecule has 0 radical (unpaired) electrons. The molecule has 0 aliphatic carbocycles. The number of nitrogens with zero attached hydrogens (tertiary/aromatic N) is 1. The van der Waals surface area contributed by atoms with Gasteiger partial charge in [0.1, 0.15) is 10.7 Å². The number of hydrogen-bond acceptors (Lipinski definition) is 5. The maximum atomic E-state index is 11.7. The molecule has 0 bridgehead atoms. The first kappa shape index (κ1) is 11.9. The monoisotopic (exact) mass is 230 g/mol. The van der Waals surface area contributed by atoms with Gasteiger partial charge in [0.2, 0.25) is 10.0 Å². The zero-order valence-electron chi connectivity index (χ0n) is 8.40. The van der Waals surface area contributed by atoms with Gasteiger partial charge in [0.25, 0.3) is 0 Å². The second-order valence-electron chi connectivity index (χ2n) is 3.08. The van der Waals surface area contributed by atoms with Crippen molar-refractivity contribution in [3.63, 3.8) is 0 Å². The van der Waals surface area contributed by atoms with E-state index in [2.05, 4.69) is 9.71 Å². The van der Waals surface area contributed by atoms with E-state index in [0.717, 1.165) is 5.56 Å². The van der Waals surface area contributed by atoms with Crippen molar-refractivity contribution in [3.8, 4) is 0 Å². The van der Waals surface area contributed by atoms with Crippen molar-refractivity contribution in [3.05, 3.63) is 17.8 Å².